The molecule has 0 aliphatic heterocycles. The number of hydrogen-bond acceptors (Lipinski definition) is 1. The molecule has 0 aromatic heterocycles. The monoisotopic (exact) mass is 198 g/mol. The summed E-state index contributed by atoms with van der Waals surface area (Å²) in [5.41, 5.74) is 0. The van der Waals surface area contributed by atoms with Gasteiger partial charge in [-0.1, -0.05) is 26.7 Å². The Morgan fingerprint density at radius 2 is 1.71 bits per heavy atom. The first kappa shape index (κ1) is 11.5. The van der Waals surface area contributed by atoms with Crippen molar-refractivity contribution in [3.8, 4) is 0 Å². The van der Waals surface area contributed by atoms with Gasteiger partial charge in [-0.15, -0.1) is 0 Å². The molecule has 0 radical (unpaired) electrons. The summed E-state index contributed by atoms with van der Waals surface area (Å²) in [7, 11) is 0. The van der Waals surface area contributed by atoms with E-state index in [0.717, 1.165) is 37.5 Å². The van der Waals surface area contributed by atoms with Gasteiger partial charge in [-0.05, 0) is 37.5 Å². The molecule has 0 saturated heterocycles. The average Bonchev–Trinajstić information content (AvgIpc) is 2.20. The highest BCUT2D eigenvalue weighted by molar-refractivity contribution is 5.69. The van der Waals surface area contributed by atoms with Crippen LogP contribution >= 0.6 is 0 Å². The molecule has 0 bridgehead atoms. The number of carboxylic acid groups (broad SMARTS) is 1. The van der Waals surface area contributed by atoms with Crippen molar-refractivity contribution in [2.24, 2.45) is 17.8 Å². The van der Waals surface area contributed by atoms with Crippen molar-refractivity contribution in [3.05, 3.63) is 0 Å². The number of rotatable bonds is 4. The quantitative estimate of drug-likeness (QED) is 0.752. The van der Waals surface area contributed by atoms with Gasteiger partial charge in [0, 0.05) is 0 Å². The van der Waals surface area contributed by atoms with Gasteiger partial charge < -0.3 is 5.11 Å². The first-order chi connectivity index (χ1) is 6.69. The highest BCUT2D eigenvalue weighted by Crippen LogP contribution is 2.36. The Kier molecular flexibility index (Phi) is 4.43. The van der Waals surface area contributed by atoms with Gasteiger partial charge in [0.15, 0.2) is 0 Å². The van der Waals surface area contributed by atoms with Gasteiger partial charge >= 0.3 is 5.97 Å². The standard InChI is InChI=1S/C12H22O2/c1-3-9(4-2)10-5-7-11(8-6-10)12(13)14/h9-11H,3-8H2,1-2H3,(H,13,14)/t10-,11+. The van der Waals surface area contributed by atoms with E-state index in [0.29, 0.717) is 0 Å². The summed E-state index contributed by atoms with van der Waals surface area (Å²) in [5.74, 6) is 0.971. The Morgan fingerprint density at radius 3 is 2.07 bits per heavy atom. The van der Waals surface area contributed by atoms with Crippen LogP contribution in [0, 0.1) is 17.8 Å². The van der Waals surface area contributed by atoms with Crippen molar-refractivity contribution in [1.29, 1.82) is 0 Å². The third-order valence-corrected chi connectivity index (χ3v) is 3.84. The van der Waals surface area contributed by atoms with E-state index in [-0.39, 0.29) is 5.92 Å². The highest BCUT2D eigenvalue weighted by atomic mass is 16.4. The first-order valence-electron chi connectivity index (χ1n) is 5.91. The highest BCUT2D eigenvalue weighted by Gasteiger charge is 2.28. The maximum Gasteiger partial charge on any atom is 0.306 e. The van der Waals surface area contributed by atoms with Crippen molar-refractivity contribution >= 4 is 5.97 Å². The van der Waals surface area contributed by atoms with Crippen LogP contribution < -0.4 is 0 Å². The van der Waals surface area contributed by atoms with Gasteiger partial charge in [0.05, 0.1) is 5.92 Å². The molecule has 1 fully saturated rings. The fourth-order valence-corrected chi connectivity index (χ4v) is 2.79. The summed E-state index contributed by atoms with van der Waals surface area (Å²) in [5, 5.41) is 8.88. The minimum atomic E-state index is -0.590. The van der Waals surface area contributed by atoms with Crippen LogP contribution in [0.1, 0.15) is 52.4 Å². The Bertz CT molecular complexity index is 177. The molecule has 0 aromatic carbocycles. The molecular formula is C12H22O2. The molecular weight excluding hydrogens is 176 g/mol. The Balaban J connectivity index is 2.38. The first-order valence-corrected chi connectivity index (χ1v) is 5.91. The number of carbonyl (C=O) groups is 1. The molecule has 1 aliphatic rings. The maximum absolute atomic E-state index is 10.8. The Hall–Kier alpha value is -0.530. The smallest absolute Gasteiger partial charge is 0.306 e. The minimum Gasteiger partial charge on any atom is -0.481 e. The largest absolute Gasteiger partial charge is 0.481 e. The second-order valence-corrected chi connectivity index (χ2v) is 4.53. The zero-order valence-corrected chi connectivity index (χ0v) is 9.33. The Morgan fingerprint density at radius 1 is 1.21 bits per heavy atom. The lowest BCUT2D eigenvalue weighted by Gasteiger charge is -2.31. The molecule has 0 aromatic rings. The van der Waals surface area contributed by atoms with Crippen LogP contribution in [0.15, 0.2) is 0 Å². The molecule has 0 spiro atoms. The predicted octanol–water partition coefficient (Wildman–Crippen LogP) is 3.31. The van der Waals surface area contributed by atoms with E-state index in [1.807, 2.05) is 0 Å². The second-order valence-electron chi connectivity index (χ2n) is 4.53. The molecule has 14 heavy (non-hydrogen) atoms. The van der Waals surface area contributed by atoms with Gasteiger partial charge in [-0.25, -0.2) is 0 Å². The van der Waals surface area contributed by atoms with Gasteiger partial charge in [0.2, 0.25) is 0 Å². The number of hydrogen-bond donors (Lipinski definition) is 1. The van der Waals surface area contributed by atoms with Gasteiger partial charge in [-0.2, -0.15) is 0 Å². The van der Waals surface area contributed by atoms with E-state index in [1.54, 1.807) is 0 Å². The fourth-order valence-electron chi connectivity index (χ4n) is 2.79. The second kappa shape index (κ2) is 5.38. The van der Waals surface area contributed by atoms with Gasteiger partial charge in [0.25, 0.3) is 0 Å². The normalized spacial score (nSPS) is 27.9. The van der Waals surface area contributed by atoms with Gasteiger partial charge in [-0.3, -0.25) is 4.79 Å². The minimum absolute atomic E-state index is 0.0550. The summed E-state index contributed by atoms with van der Waals surface area (Å²) in [6.07, 6.45) is 6.55. The van der Waals surface area contributed by atoms with Crippen LogP contribution in [0.2, 0.25) is 0 Å². The third-order valence-electron chi connectivity index (χ3n) is 3.84. The predicted molar refractivity (Wildman–Crippen MR) is 57.2 cm³/mol. The molecule has 2 nitrogen and oxygen atoms in total. The van der Waals surface area contributed by atoms with Crippen molar-refractivity contribution in [1.82, 2.24) is 0 Å². The summed E-state index contributed by atoms with van der Waals surface area (Å²) >= 11 is 0. The molecule has 82 valence electrons. The average molecular weight is 198 g/mol. The Labute approximate surface area is 86.7 Å². The van der Waals surface area contributed by atoms with Crippen LogP contribution in [0.5, 0.6) is 0 Å². The summed E-state index contributed by atoms with van der Waals surface area (Å²) in [6, 6.07) is 0. The van der Waals surface area contributed by atoms with E-state index in [9.17, 15) is 4.79 Å². The van der Waals surface area contributed by atoms with Crippen molar-refractivity contribution in [2.45, 2.75) is 52.4 Å². The summed E-state index contributed by atoms with van der Waals surface area (Å²) < 4.78 is 0. The third kappa shape index (κ3) is 2.73. The molecule has 1 saturated carbocycles. The van der Waals surface area contributed by atoms with Crippen LogP contribution in [-0.4, -0.2) is 11.1 Å². The van der Waals surface area contributed by atoms with Crippen LogP contribution in [0.4, 0.5) is 0 Å². The topological polar surface area (TPSA) is 37.3 Å². The van der Waals surface area contributed by atoms with E-state index < -0.39 is 5.97 Å². The molecule has 0 atom stereocenters. The zero-order valence-electron chi connectivity index (χ0n) is 9.33. The molecule has 1 rings (SSSR count). The SMILES string of the molecule is CCC(CC)[C@H]1CC[C@@H](C(=O)O)CC1. The molecule has 1 N–H and O–H groups in total. The lowest BCUT2D eigenvalue weighted by Crippen LogP contribution is -2.25. The molecule has 0 amide bonds. The zero-order chi connectivity index (χ0) is 10.6. The summed E-state index contributed by atoms with van der Waals surface area (Å²) in [6.45, 7) is 4.49. The maximum atomic E-state index is 10.8. The van der Waals surface area contributed by atoms with Crippen molar-refractivity contribution in [3.63, 3.8) is 0 Å². The van der Waals surface area contributed by atoms with Crippen molar-refractivity contribution < 1.29 is 9.90 Å². The molecule has 2 heteroatoms. The van der Waals surface area contributed by atoms with Crippen LogP contribution in [0.3, 0.4) is 0 Å². The number of aliphatic carboxylic acids is 1. The fraction of sp³-hybridized carbons (Fsp3) is 0.917. The summed E-state index contributed by atoms with van der Waals surface area (Å²) in [4.78, 5) is 10.8. The van der Waals surface area contributed by atoms with E-state index >= 15 is 0 Å². The van der Waals surface area contributed by atoms with Crippen molar-refractivity contribution in [2.75, 3.05) is 0 Å². The number of carboxylic acids is 1. The molecule has 1 aliphatic carbocycles. The van der Waals surface area contributed by atoms with Gasteiger partial charge in [0.1, 0.15) is 0 Å². The van der Waals surface area contributed by atoms with Crippen LogP contribution in [-0.2, 0) is 4.79 Å². The van der Waals surface area contributed by atoms with E-state index in [2.05, 4.69) is 13.8 Å². The molecule has 0 heterocycles. The van der Waals surface area contributed by atoms with E-state index in [4.69, 9.17) is 5.11 Å². The molecule has 0 unspecified atom stereocenters. The van der Waals surface area contributed by atoms with Crippen LogP contribution in [0.25, 0.3) is 0 Å². The van der Waals surface area contributed by atoms with E-state index in [1.165, 1.54) is 12.8 Å². The lowest BCUT2D eigenvalue weighted by molar-refractivity contribution is -0.143. The lowest BCUT2D eigenvalue weighted by atomic mass is 9.74.